The maximum Gasteiger partial charge on any atom is 0.157 e. The average molecular weight is 458 g/mol. The molecule has 0 spiro atoms. The van der Waals surface area contributed by atoms with Crippen molar-refractivity contribution in [1.82, 2.24) is 4.90 Å². The van der Waals surface area contributed by atoms with Gasteiger partial charge in [0.15, 0.2) is 9.84 Å². The summed E-state index contributed by atoms with van der Waals surface area (Å²) >= 11 is 0. The van der Waals surface area contributed by atoms with Gasteiger partial charge < -0.3 is 5.11 Å². The van der Waals surface area contributed by atoms with E-state index >= 15 is 0 Å². The zero-order chi connectivity index (χ0) is 23.1. The zero-order valence-corrected chi connectivity index (χ0v) is 19.3. The molecule has 168 valence electrons. The number of hydrogen-bond acceptors (Lipinski definition) is 4. The second-order valence-electron chi connectivity index (χ2n) is 9.01. The van der Waals surface area contributed by atoms with Gasteiger partial charge in [0.25, 0.3) is 0 Å². The molecule has 4 aromatic rings. The van der Waals surface area contributed by atoms with Crippen molar-refractivity contribution in [1.29, 1.82) is 0 Å². The van der Waals surface area contributed by atoms with E-state index in [1.165, 1.54) is 6.26 Å². The van der Waals surface area contributed by atoms with Gasteiger partial charge in [-0.25, -0.2) is 8.42 Å². The smallest absolute Gasteiger partial charge is 0.157 e. The van der Waals surface area contributed by atoms with Crippen LogP contribution in [0.3, 0.4) is 0 Å². The van der Waals surface area contributed by atoms with Gasteiger partial charge in [-0.2, -0.15) is 0 Å². The second kappa shape index (κ2) is 8.41. The van der Waals surface area contributed by atoms with Crippen molar-refractivity contribution >= 4 is 20.6 Å². The van der Waals surface area contributed by atoms with E-state index in [4.69, 9.17) is 0 Å². The monoisotopic (exact) mass is 457 g/mol. The number of aliphatic hydroxyl groups is 1. The molecular weight excluding hydrogens is 430 g/mol. The van der Waals surface area contributed by atoms with E-state index < -0.39 is 20.7 Å². The Morgan fingerprint density at radius 1 is 0.758 bits per heavy atom. The Hall–Kier alpha value is -2.99. The number of fused-ring (bicyclic) bond motifs is 1. The largest absolute Gasteiger partial charge is 0.385 e. The minimum Gasteiger partial charge on any atom is -0.385 e. The van der Waals surface area contributed by atoms with E-state index in [-0.39, 0.29) is 19.1 Å². The second-order valence-corrected chi connectivity index (χ2v) is 11.1. The average Bonchev–Trinajstić information content (AvgIpc) is 2.79. The summed E-state index contributed by atoms with van der Waals surface area (Å²) in [6.45, 7) is 0.533. The van der Waals surface area contributed by atoms with Crippen molar-refractivity contribution in [3.05, 3.63) is 120 Å². The van der Waals surface area contributed by atoms with Crippen molar-refractivity contribution < 1.29 is 13.5 Å². The van der Waals surface area contributed by atoms with Gasteiger partial charge in [0, 0.05) is 19.3 Å². The molecule has 0 radical (unpaired) electrons. The number of benzene rings is 4. The van der Waals surface area contributed by atoms with Crippen LogP contribution in [-0.2, 0) is 9.84 Å². The molecule has 1 heterocycles. The highest BCUT2D eigenvalue weighted by molar-refractivity contribution is 7.91. The Labute approximate surface area is 195 Å². The summed E-state index contributed by atoms with van der Waals surface area (Å²) in [4.78, 5) is 2.16. The standard InChI is InChI=1S/C28H27NO3S/c1-33(31,32)27(25-18-10-16-21-11-8-9-17-24(21)25)28(30)19-29(20-28)26(22-12-4-2-5-13-22)23-14-6-3-7-15-23/h2-18,26-27,30H,19-20H2,1H3. The van der Waals surface area contributed by atoms with Crippen LogP contribution in [0.5, 0.6) is 0 Å². The highest BCUT2D eigenvalue weighted by Gasteiger charge is 2.54. The predicted octanol–water partition coefficient (Wildman–Crippen LogP) is 4.76. The zero-order valence-electron chi connectivity index (χ0n) is 18.5. The molecule has 1 fully saturated rings. The summed E-state index contributed by atoms with van der Waals surface area (Å²) in [5, 5.41) is 12.5. The van der Waals surface area contributed by atoms with Crippen molar-refractivity contribution in [3.63, 3.8) is 0 Å². The molecule has 0 saturated carbocycles. The van der Waals surface area contributed by atoms with Crippen molar-refractivity contribution in [2.45, 2.75) is 16.9 Å². The molecule has 33 heavy (non-hydrogen) atoms. The summed E-state index contributed by atoms with van der Waals surface area (Å²) < 4.78 is 26.1. The minimum atomic E-state index is -3.58. The molecule has 1 aliphatic rings. The first-order valence-electron chi connectivity index (χ1n) is 11.1. The number of nitrogens with zero attached hydrogens (tertiary/aromatic N) is 1. The van der Waals surface area contributed by atoms with Gasteiger partial charge in [-0.1, -0.05) is 103 Å². The fourth-order valence-corrected chi connectivity index (χ4v) is 6.90. The van der Waals surface area contributed by atoms with Crippen LogP contribution in [0.4, 0.5) is 0 Å². The Balaban J connectivity index is 1.53. The summed E-state index contributed by atoms with van der Waals surface area (Å²) in [7, 11) is -3.58. The van der Waals surface area contributed by atoms with E-state index in [0.717, 1.165) is 21.9 Å². The van der Waals surface area contributed by atoms with Crippen LogP contribution in [0.15, 0.2) is 103 Å². The van der Waals surface area contributed by atoms with Gasteiger partial charge in [0.1, 0.15) is 10.9 Å². The molecule has 1 saturated heterocycles. The number of β-amino-alcohol motifs (C(OH)–C–C–N with tert-alkyl or cyclic N) is 1. The van der Waals surface area contributed by atoms with Crippen LogP contribution in [-0.4, -0.2) is 43.4 Å². The molecule has 0 aromatic heterocycles. The van der Waals surface area contributed by atoms with E-state index in [9.17, 15) is 13.5 Å². The third kappa shape index (κ3) is 4.08. The molecule has 1 atom stereocenters. The lowest BCUT2D eigenvalue weighted by Crippen LogP contribution is -2.66. The molecule has 4 aromatic carbocycles. The van der Waals surface area contributed by atoms with Crippen molar-refractivity contribution in [2.24, 2.45) is 0 Å². The minimum absolute atomic E-state index is 0.0552. The molecule has 0 amide bonds. The molecule has 1 N–H and O–H groups in total. The molecule has 0 aliphatic carbocycles. The van der Waals surface area contributed by atoms with E-state index in [2.05, 4.69) is 29.2 Å². The van der Waals surface area contributed by atoms with Crippen LogP contribution < -0.4 is 0 Å². The Bertz CT molecular complexity index is 1320. The van der Waals surface area contributed by atoms with Gasteiger partial charge in [0.05, 0.1) is 6.04 Å². The molecule has 4 nitrogen and oxygen atoms in total. The Morgan fingerprint density at radius 3 is 1.85 bits per heavy atom. The number of hydrogen-bond donors (Lipinski definition) is 1. The molecule has 1 unspecified atom stereocenters. The Morgan fingerprint density at radius 2 is 1.27 bits per heavy atom. The number of rotatable bonds is 6. The topological polar surface area (TPSA) is 57.6 Å². The van der Waals surface area contributed by atoms with E-state index in [1.54, 1.807) is 0 Å². The summed E-state index contributed by atoms with van der Waals surface area (Å²) in [6.07, 6.45) is 1.23. The Kier molecular flexibility index (Phi) is 5.57. The number of sulfone groups is 1. The fourth-order valence-electron chi connectivity index (χ4n) is 5.29. The van der Waals surface area contributed by atoms with Crippen molar-refractivity contribution in [3.8, 4) is 0 Å². The van der Waals surface area contributed by atoms with Crippen LogP contribution in [0.2, 0.25) is 0 Å². The van der Waals surface area contributed by atoms with Gasteiger partial charge in [-0.15, -0.1) is 0 Å². The summed E-state index contributed by atoms with van der Waals surface area (Å²) in [6, 6.07) is 33.7. The first kappa shape index (κ1) is 21.8. The van der Waals surface area contributed by atoms with Crippen LogP contribution >= 0.6 is 0 Å². The third-order valence-electron chi connectivity index (χ3n) is 6.57. The van der Waals surface area contributed by atoms with E-state index in [1.807, 2.05) is 78.9 Å². The van der Waals surface area contributed by atoms with Crippen molar-refractivity contribution in [2.75, 3.05) is 19.3 Å². The third-order valence-corrected chi connectivity index (χ3v) is 8.12. The van der Waals surface area contributed by atoms with Crippen LogP contribution in [0, 0.1) is 0 Å². The lowest BCUT2D eigenvalue weighted by atomic mass is 9.82. The highest BCUT2D eigenvalue weighted by Crippen LogP contribution is 2.45. The predicted molar refractivity (Wildman–Crippen MR) is 133 cm³/mol. The SMILES string of the molecule is CS(=O)(=O)C(c1cccc2ccccc12)C1(O)CN(C(c2ccccc2)c2ccccc2)C1. The van der Waals surface area contributed by atoms with E-state index in [0.29, 0.717) is 5.56 Å². The fraction of sp³-hybridized carbons (Fsp3) is 0.214. The number of likely N-dealkylation sites (tertiary alicyclic amines) is 1. The molecule has 1 aliphatic heterocycles. The molecule has 5 heteroatoms. The van der Waals surface area contributed by atoms with Gasteiger partial charge >= 0.3 is 0 Å². The van der Waals surface area contributed by atoms with Crippen LogP contribution in [0.25, 0.3) is 10.8 Å². The van der Waals surface area contributed by atoms with Gasteiger partial charge in [0.2, 0.25) is 0 Å². The lowest BCUT2D eigenvalue weighted by Gasteiger charge is -2.53. The molecule has 5 rings (SSSR count). The maximum absolute atomic E-state index is 13.1. The lowest BCUT2D eigenvalue weighted by molar-refractivity contribution is -0.112. The summed E-state index contributed by atoms with van der Waals surface area (Å²) in [5.74, 6) is 0. The first-order chi connectivity index (χ1) is 15.9. The summed E-state index contributed by atoms with van der Waals surface area (Å²) in [5.41, 5.74) is 1.52. The molecular formula is C28H27NO3S. The van der Waals surface area contributed by atoms with Gasteiger partial charge in [-0.3, -0.25) is 4.90 Å². The quantitative estimate of drug-likeness (QED) is 0.454. The van der Waals surface area contributed by atoms with Gasteiger partial charge in [-0.05, 0) is 27.5 Å². The van der Waals surface area contributed by atoms with Crippen LogP contribution in [0.1, 0.15) is 28.0 Å². The first-order valence-corrected chi connectivity index (χ1v) is 13.1. The molecule has 0 bridgehead atoms. The maximum atomic E-state index is 13.1. The highest BCUT2D eigenvalue weighted by atomic mass is 32.2. The normalized spacial score (nSPS) is 17.1.